The van der Waals surface area contributed by atoms with Crippen LogP contribution in [-0.4, -0.2) is 36.0 Å². The first-order valence-corrected chi connectivity index (χ1v) is 10.8. The average molecular weight is 397 g/mol. The van der Waals surface area contributed by atoms with Gasteiger partial charge < -0.3 is 14.5 Å². The van der Waals surface area contributed by atoms with E-state index >= 15 is 0 Å². The SMILES string of the molecule is CC(C)CNC(=O)C[C@@H]1CC2(CCN(Cc3ccoc3)CC2)Oc2ccccc21. The molecule has 1 spiro atoms. The summed E-state index contributed by atoms with van der Waals surface area (Å²) in [5.74, 6) is 1.79. The highest BCUT2D eigenvalue weighted by Gasteiger charge is 2.43. The average Bonchev–Trinajstić information content (AvgIpc) is 3.21. The lowest BCUT2D eigenvalue weighted by atomic mass is 9.76. The van der Waals surface area contributed by atoms with Crippen LogP contribution in [0.15, 0.2) is 47.3 Å². The molecular weight excluding hydrogens is 364 g/mol. The van der Waals surface area contributed by atoms with Crippen molar-refractivity contribution in [2.45, 2.75) is 57.6 Å². The minimum absolute atomic E-state index is 0.146. The molecule has 2 aliphatic rings. The normalized spacial score (nSPS) is 21.0. The fourth-order valence-corrected chi connectivity index (χ4v) is 4.61. The van der Waals surface area contributed by atoms with E-state index in [1.165, 1.54) is 11.1 Å². The van der Waals surface area contributed by atoms with Crippen molar-refractivity contribution >= 4 is 5.91 Å². The quantitative estimate of drug-likeness (QED) is 0.789. The molecule has 3 heterocycles. The first-order chi connectivity index (χ1) is 14.0. The summed E-state index contributed by atoms with van der Waals surface area (Å²) >= 11 is 0. The van der Waals surface area contributed by atoms with Crippen LogP contribution in [0.25, 0.3) is 0 Å². The molecule has 0 bridgehead atoms. The molecule has 1 saturated heterocycles. The number of likely N-dealkylation sites (tertiary alicyclic amines) is 1. The van der Waals surface area contributed by atoms with E-state index in [1.54, 1.807) is 6.26 Å². The first kappa shape index (κ1) is 20.0. The molecule has 0 radical (unpaired) electrons. The third-order valence-electron chi connectivity index (χ3n) is 6.20. The maximum absolute atomic E-state index is 12.6. The van der Waals surface area contributed by atoms with Crippen LogP contribution < -0.4 is 10.1 Å². The number of carbonyl (C=O) groups is 1. The van der Waals surface area contributed by atoms with E-state index in [4.69, 9.17) is 9.15 Å². The number of nitrogens with one attached hydrogen (secondary N) is 1. The van der Waals surface area contributed by atoms with Gasteiger partial charge in [0, 0.05) is 44.1 Å². The van der Waals surface area contributed by atoms with Crippen molar-refractivity contribution in [3.05, 3.63) is 54.0 Å². The second-order valence-electron chi connectivity index (χ2n) is 9.03. The van der Waals surface area contributed by atoms with Crippen LogP contribution in [0.1, 0.15) is 56.6 Å². The summed E-state index contributed by atoms with van der Waals surface area (Å²) in [4.78, 5) is 15.0. The summed E-state index contributed by atoms with van der Waals surface area (Å²) in [6, 6.07) is 10.3. The van der Waals surface area contributed by atoms with Crippen molar-refractivity contribution in [1.29, 1.82) is 0 Å². The lowest BCUT2D eigenvalue weighted by molar-refractivity contribution is -0.122. The maximum atomic E-state index is 12.6. The number of para-hydroxylation sites is 1. The van der Waals surface area contributed by atoms with E-state index in [9.17, 15) is 4.79 Å². The topological polar surface area (TPSA) is 54.7 Å². The minimum atomic E-state index is -0.162. The summed E-state index contributed by atoms with van der Waals surface area (Å²) in [6.07, 6.45) is 6.99. The Hall–Kier alpha value is -2.27. The van der Waals surface area contributed by atoms with Gasteiger partial charge in [-0.3, -0.25) is 9.69 Å². The molecule has 1 fully saturated rings. The molecule has 1 aromatic heterocycles. The molecular formula is C24H32N2O3. The van der Waals surface area contributed by atoms with Crippen molar-refractivity contribution in [2.75, 3.05) is 19.6 Å². The van der Waals surface area contributed by atoms with Gasteiger partial charge in [-0.1, -0.05) is 32.0 Å². The van der Waals surface area contributed by atoms with Crippen LogP contribution in [0.5, 0.6) is 5.75 Å². The molecule has 2 aliphatic heterocycles. The summed E-state index contributed by atoms with van der Waals surface area (Å²) < 4.78 is 11.8. The van der Waals surface area contributed by atoms with E-state index in [1.807, 2.05) is 24.5 Å². The van der Waals surface area contributed by atoms with Gasteiger partial charge in [-0.25, -0.2) is 0 Å². The van der Waals surface area contributed by atoms with Crippen LogP contribution in [0.2, 0.25) is 0 Å². The summed E-state index contributed by atoms with van der Waals surface area (Å²) in [5.41, 5.74) is 2.23. The van der Waals surface area contributed by atoms with Gasteiger partial charge in [0.1, 0.15) is 11.4 Å². The Kier molecular flexibility index (Phi) is 5.95. The Morgan fingerprint density at radius 1 is 1.24 bits per heavy atom. The number of rotatable bonds is 6. The number of carbonyl (C=O) groups excluding carboxylic acids is 1. The van der Waals surface area contributed by atoms with Gasteiger partial charge in [-0.15, -0.1) is 0 Å². The molecule has 156 valence electrons. The van der Waals surface area contributed by atoms with Gasteiger partial charge in [0.05, 0.1) is 12.5 Å². The number of piperidine rings is 1. The van der Waals surface area contributed by atoms with Crippen LogP contribution in [0.4, 0.5) is 0 Å². The van der Waals surface area contributed by atoms with Gasteiger partial charge in [0.15, 0.2) is 0 Å². The zero-order chi connectivity index (χ0) is 20.3. The number of furan rings is 1. The number of hydrogen-bond donors (Lipinski definition) is 1. The highest BCUT2D eigenvalue weighted by Crippen LogP contribution is 2.46. The zero-order valence-corrected chi connectivity index (χ0v) is 17.5. The molecule has 1 amide bonds. The third-order valence-corrected chi connectivity index (χ3v) is 6.20. The van der Waals surface area contributed by atoms with Crippen LogP contribution in [0, 0.1) is 5.92 Å². The molecule has 0 aliphatic carbocycles. The number of ether oxygens (including phenoxy) is 1. The molecule has 1 N–H and O–H groups in total. The summed E-state index contributed by atoms with van der Waals surface area (Å²) in [7, 11) is 0. The molecule has 29 heavy (non-hydrogen) atoms. The van der Waals surface area contributed by atoms with Crippen LogP contribution in [0.3, 0.4) is 0 Å². The number of hydrogen-bond acceptors (Lipinski definition) is 4. The van der Waals surface area contributed by atoms with E-state index in [0.717, 1.165) is 51.2 Å². The molecule has 5 nitrogen and oxygen atoms in total. The largest absolute Gasteiger partial charge is 0.487 e. The predicted molar refractivity (Wildman–Crippen MR) is 113 cm³/mol. The number of fused-ring (bicyclic) bond motifs is 1. The lowest BCUT2D eigenvalue weighted by Gasteiger charge is -2.47. The summed E-state index contributed by atoms with van der Waals surface area (Å²) in [6.45, 7) is 7.90. The van der Waals surface area contributed by atoms with Crippen molar-refractivity contribution in [2.24, 2.45) is 5.92 Å². The van der Waals surface area contributed by atoms with E-state index in [-0.39, 0.29) is 17.4 Å². The highest BCUT2D eigenvalue weighted by atomic mass is 16.5. The molecule has 1 aromatic carbocycles. The zero-order valence-electron chi connectivity index (χ0n) is 17.5. The molecule has 2 aromatic rings. The molecule has 4 rings (SSSR count). The van der Waals surface area contributed by atoms with E-state index < -0.39 is 0 Å². The minimum Gasteiger partial charge on any atom is -0.487 e. The number of benzene rings is 1. The molecule has 5 heteroatoms. The van der Waals surface area contributed by atoms with Crippen molar-refractivity contribution < 1.29 is 13.9 Å². The van der Waals surface area contributed by atoms with Gasteiger partial charge in [-0.2, -0.15) is 0 Å². The summed E-state index contributed by atoms with van der Waals surface area (Å²) in [5, 5.41) is 3.09. The fraction of sp³-hybridized carbons (Fsp3) is 0.542. The Balaban J connectivity index is 1.43. The molecule has 0 saturated carbocycles. The molecule has 0 unspecified atom stereocenters. The van der Waals surface area contributed by atoms with Crippen molar-refractivity contribution in [1.82, 2.24) is 10.2 Å². The highest BCUT2D eigenvalue weighted by molar-refractivity contribution is 5.77. The lowest BCUT2D eigenvalue weighted by Crippen LogP contribution is -2.50. The van der Waals surface area contributed by atoms with Gasteiger partial charge in [-0.05, 0) is 42.9 Å². The van der Waals surface area contributed by atoms with Crippen molar-refractivity contribution in [3.63, 3.8) is 0 Å². The first-order valence-electron chi connectivity index (χ1n) is 10.8. The monoisotopic (exact) mass is 396 g/mol. The Morgan fingerprint density at radius 2 is 2.03 bits per heavy atom. The Morgan fingerprint density at radius 3 is 2.76 bits per heavy atom. The second kappa shape index (κ2) is 8.62. The van der Waals surface area contributed by atoms with Crippen molar-refractivity contribution in [3.8, 4) is 5.75 Å². The third kappa shape index (κ3) is 4.84. The maximum Gasteiger partial charge on any atom is 0.220 e. The van der Waals surface area contributed by atoms with E-state index in [0.29, 0.717) is 12.3 Å². The number of nitrogens with zero attached hydrogens (tertiary/aromatic N) is 1. The molecule has 1 atom stereocenters. The smallest absolute Gasteiger partial charge is 0.220 e. The van der Waals surface area contributed by atoms with Gasteiger partial charge in [0.2, 0.25) is 5.91 Å². The predicted octanol–water partition coefficient (Wildman–Crippen LogP) is 4.34. The van der Waals surface area contributed by atoms with Gasteiger partial charge >= 0.3 is 0 Å². The van der Waals surface area contributed by atoms with Crippen LogP contribution in [-0.2, 0) is 11.3 Å². The van der Waals surface area contributed by atoms with Gasteiger partial charge in [0.25, 0.3) is 0 Å². The Labute approximate surface area is 173 Å². The Bertz CT molecular complexity index is 807. The van der Waals surface area contributed by atoms with Crippen LogP contribution >= 0.6 is 0 Å². The number of amides is 1. The van der Waals surface area contributed by atoms with E-state index in [2.05, 4.69) is 36.2 Å². The second-order valence-corrected chi connectivity index (χ2v) is 9.03. The fourth-order valence-electron chi connectivity index (χ4n) is 4.61. The standard InChI is InChI=1S/C24H32N2O3/c1-18(2)15-25-23(27)13-20-14-24(29-22-6-4-3-5-21(20)22)8-10-26(11-9-24)16-19-7-12-28-17-19/h3-7,12,17-18,20H,8-11,13-16H2,1-2H3,(H,25,27)/t20-/m1/s1.